The number of nitrogens with one attached hydrogen (secondary N) is 1. The molecule has 4 atom stereocenters. The van der Waals surface area contributed by atoms with Crippen LogP contribution in [0.25, 0.3) is 0 Å². The van der Waals surface area contributed by atoms with Crippen LogP contribution in [0.2, 0.25) is 0 Å². The van der Waals surface area contributed by atoms with Gasteiger partial charge in [0.15, 0.2) is 0 Å². The topological polar surface area (TPSA) is 29.1 Å². The monoisotopic (exact) mass is 287 g/mol. The molecule has 1 amide bonds. The summed E-state index contributed by atoms with van der Waals surface area (Å²) in [6.45, 7) is 5.11. The predicted molar refractivity (Wildman–Crippen MR) is 69.5 cm³/mol. The fraction of sp³-hybridized carbons (Fsp3) is 0.923. The summed E-state index contributed by atoms with van der Waals surface area (Å²) in [6.07, 6.45) is 5.09. The summed E-state index contributed by atoms with van der Waals surface area (Å²) < 4.78 is 0. The van der Waals surface area contributed by atoms with Crippen molar-refractivity contribution in [2.45, 2.75) is 44.4 Å². The van der Waals surface area contributed by atoms with E-state index in [1.165, 1.54) is 19.3 Å². The largest absolute Gasteiger partial charge is 0.355 e. The lowest BCUT2D eigenvalue weighted by atomic mass is 9.88. The van der Waals surface area contributed by atoms with Crippen LogP contribution in [0.1, 0.15) is 39.5 Å². The van der Waals surface area contributed by atoms with Crippen molar-refractivity contribution in [1.29, 1.82) is 0 Å². The number of alkyl halides is 1. The third-order valence-corrected chi connectivity index (χ3v) is 5.65. The molecule has 0 radical (unpaired) electrons. The quantitative estimate of drug-likeness (QED) is 0.792. The zero-order valence-electron chi connectivity index (χ0n) is 10.2. The van der Waals surface area contributed by atoms with Crippen molar-refractivity contribution in [3.05, 3.63) is 0 Å². The zero-order chi connectivity index (χ0) is 11.7. The molecule has 2 nitrogen and oxygen atoms in total. The van der Waals surface area contributed by atoms with Crippen LogP contribution in [0, 0.1) is 23.7 Å². The summed E-state index contributed by atoms with van der Waals surface area (Å²) in [5.41, 5.74) is 0. The van der Waals surface area contributed by atoms with Crippen LogP contribution in [-0.4, -0.2) is 17.3 Å². The van der Waals surface area contributed by atoms with E-state index in [9.17, 15) is 4.79 Å². The fourth-order valence-corrected chi connectivity index (χ4v) is 3.29. The Morgan fingerprint density at radius 2 is 2.12 bits per heavy atom. The molecule has 2 bridgehead atoms. The Morgan fingerprint density at radius 3 is 2.62 bits per heavy atom. The van der Waals surface area contributed by atoms with Crippen LogP contribution < -0.4 is 5.32 Å². The first-order chi connectivity index (χ1) is 7.58. The second kappa shape index (κ2) is 5.07. The average Bonchev–Trinajstić information content (AvgIpc) is 2.86. The molecule has 3 heteroatoms. The van der Waals surface area contributed by atoms with E-state index < -0.39 is 0 Å². The number of rotatable bonds is 4. The van der Waals surface area contributed by atoms with Crippen molar-refractivity contribution in [3.8, 4) is 0 Å². The van der Waals surface area contributed by atoms with Crippen molar-refractivity contribution >= 4 is 21.8 Å². The lowest BCUT2D eigenvalue weighted by Gasteiger charge is -2.22. The molecule has 2 fully saturated rings. The van der Waals surface area contributed by atoms with E-state index in [1.807, 2.05) is 0 Å². The summed E-state index contributed by atoms with van der Waals surface area (Å²) in [7, 11) is 0. The van der Waals surface area contributed by atoms with Crippen molar-refractivity contribution in [1.82, 2.24) is 5.32 Å². The number of carbonyl (C=O) groups is 1. The molecule has 0 saturated heterocycles. The van der Waals surface area contributed by atoms with E-state index in [0.717, 1.165) is 18.9 Å². The Balaban J connectivity index is 1.76. The highest BCUT2D eigenvalue weighted by atomic mass is 79.9. The molecule has 0 aliphatic heterocycles. The molecule has 2 aliphatic carbocycles. The summed E-state index contributed by atoms with van der Waals surface area (Å²) in [6, 6.07) is 0. The minimum absolute atomic E-state index is 0.303. The fourth-order valence-electron chi connectivity index (χ4n) is 3.13. The lowest BCUT2D eigenvalue weighted by Crippen LogP contribution is -2.37. The first-order valence-electron chi connectivity index (χ1n) is 6.49. The Bertz CT molecular complexity index is 267. The van der Waals surface area contributed by atoms with Crippen molar-refractivity contribution in [2.24, 2.45) is 23.7 Å². The smallest absolute Gasteiger partial charge is 0.223 e. The molecular formula is C13H22BrNO. The van der Waals surface area contributed by atoms with Gasteiger partial charge in [-0.2, -0.15) is 0 Å². The van der Waals surface area contributed by atoms with Crippen molar-refractivity contribution < 1.29 is 4.79 Å². The molecule has 16 heavy (non-hydrogen) atoms. The summed E-state index contributed by atoms with van der Waals surface area (Å²) >= 11 is 3.61. The molecule has 92 valence electrons. The molecule has 2 rings (SSSR count). The van der Waals surface area contributed by atoms with Gasteiger partial charge in [-0.25, -0.2) is 0 Å². The minimum atomic E-state index is 0.303. The van der Waals surface area contributed by atoms with E-state index in [0.29, 0.717) is 28.5 Å². The SMILES string of the molecule is CC(C)C(Br)CNC(=O)C1CC2CCC1C2. The van der Waals surface area contributed by atoms with Crippen molar-refractivity contribution in [2.75, 3.05) is 6.54 Å². The number of amides is 1. The van der Waals surface area contributed by atoms with Gasteiger partial charge < -0.3 is 5.32 Å². The maximum atomic E-state index is 12.0. The molecule has 2 aliphatic rings. The van der Waals surface area contributed by atoms with Gasteiger partial charge in [0.25, 0.3) is 0 Å². The number of fused-ring (bicyclic) bond motifs is 2. The predicted octanol–water partition coefficient (Wildman–Crippen LogP) is 2.96. The molecular weight excluding hydrogens is 266 g/mol. The molecule has 0 heterocycles. The third-order valence-electron chi connectivity index (χ3n) is 4.27. The van der Waals surface area contributed by atoms with Crippen LogP contribution >= 0.6 is 15.9 Å². The van der Waals surface area contributed by atoms with Gasteiger partial charge in [-0.05, 0) is 37.0 Å². The van der Waals surface area contributed by atoms with E-state index in [4.69, 9.17) is 0 Å². The van der Waals surface area contributed by atoms with Gasteiger partial charge >= 0.3 is 0 Å². The van der Waals surface area contributed by atoms with Gasteiger partial charge in [-0.3, -0.25) is 4.79 Å². The van der Waals surface area contributed by atoms with E-state index in [1.54, 1.807) is 0 Å². The molecule has 0 aromatic carbocycles. The van der Waals surface area contributed by atoms with E-state index in [-0.39, 0.29) is 0 Å². The van der Waals surface area contributed by atoms with Crippen LogP contribution in [0.4, 0.5) is 0 Å². The van der Waals surface area contributed by atoms with Crippen LogP contribution in [0.15, 0.2) is 0 Å². The highest BCUT2D eigenvalue weighted by molar-refractivity contribution is 9.09. The molecule has 4 unspecified atom stereocenters. The highest BCUT2D eigenvalue weighted by Crippen LogP contribution is 2.48. The van der Waals surface area contributed by atoms with Crippen molar-refractivity contribution in [3.63, 3.8) is 0 Å². The van der Waals surface area contributed by atoms with Gasteiger partial charge in [-0.1, -0.05) is 36.2 Å². The molecule has 0 aromatic rings. The Labute approximate surface area is 107 Å². The van der Waals surface area contributed by atoms with E-state index >= 15 is 0 Å². The van der Waals surface area contributed by atoms with Crippen LogP contribution in [0.3, 0.4) is 0 Å². The summed E-state index contributed by atoms with van der Waals surface area (Å²) in [4.78, 5) is 12.4. The number of halogens is 1. The molecule has 1 N–H and O–H groups in total. The Kier molecular flexibility index (Phi) is 3.93. The normalized spacial score (nSPS) is 34.4. The average molecular weight is 288 g/mol. The van der Waals surface area contributed by atoms with Gasteiger partial charge in [0.2, 0.25) is 5.91 Å². The second-order valence-corrected chi connectivity index (χ2v) is 6.96. The lowest BCUT2D eigenvalue weighted by molar-refractivity contribution is -0.126. The van der Waals surface area contributed by atoms with Gasteiger partial charge in [-0.15, -0.1) is 0 Å². The third kappa shape index (κ3) is 2.61. The maximum absolute atomic E-state index is 12.0. The summed E-state index contributed by atoms with van der Waals surface area (Å²) in [5, 5.41) is 3.10. The molecule has 2 saturated carbocycles. The van der Waals surface area contributed by atoms with E-state index in [2.05, 4.69) is 35.1 Å². The summed E-state index contributed by atoms with van der Waals surface area (Å²) in [5.74, 6) is 2.74. The second-order valence-electron chi connectivity index (χ2n) is 5.79. The molecule has 0 spiro atoms. The maximum Gasteiger partial charge on any atom is 0.223 e. The number of hydrogen-bond donors (Lipinski definition) is 1. The number of hydrogen-bond acceptors (Lipinski definition) is 1. The highest BCUT2D eigenvalue weighted by Gasteiger charge is 2.42. The number of carbonyl (C=O) groups excluding carboxylic acids is 1. The van der Waals surface area contributed by atoms with Gasteiger partial charge in [0, 0.05) is 17.3 Å². The zero-order valence-corrected chi connectivity index (χ0v) is 11.8. The first kappa shape index (κ1) is 12.4. The minimum Gasteiger partial charge on any atom is -0.355 e. The van der Waals surface area contributed by atoms with Gasteiger partial charge in [0.1, 0.15) is 0 Å². The van der Waals surface area contributed by atoms with Gasteiger partial charge in [0.05, 0.1) is 0 Å². The standard InChI is InChI=1S/C13H22BrNO/c1-8(2)12(14)7-15-13(16)11-6-9-3-4-10(11)5-9/h8-12H,3-7H2,1-2H3,(H,15,16). The molecule has 0 aromatic heterocycles. The Morgan fingerprint density at radius 1 is 1.38 bits per heavy atom. The van der Waals surface area contributed by atoms with Crippen LogP contribution in [-0.2, 0) is 4.79 Å². The Hall–Kier alpha value is -0.0500. The van der Waals surface area contributed by atoms with Crippen LogP contribution in [0.5, 0.6) is 0 Å². The first-order valence-corrected chi connectivity index (χ1v) is 7.41.